The van der Waals surface area contributed by atoms with Gasteiger partial charge >= 0.3 is 6.09 Å². The topological polar surface area (TPSA) is 38.3 Å². The zero-order valence-electron chi connectivity index (χ0n) is 11.1. The Morgan fingerprint density at radius 2 is 2.11 bits per heavy atom. The van der Waals surface area contributed by atoms with Crippen LogP contribution in [-0.4, -0.2) is 12.1 Å². The Kier molecular flexibility index (Phi) is 6.62. The molecule has 1 aromatic rings. The normalized spacial score (nSPS) is 12.3. The van der Waals surface area contributed by atoms with Crippen molar-refractivity contribution in [3.63, 3.8) is 0 Å². The number of carbonyl (C=O) groups excluding carboxylic acids is 1. The van der Waals surface area contributed by atoms with Crippen molar-refractivity contribution in [2.24, 2.45) is 0 Å². The maximum Gasteiger partial charge on any atom is 0.407 e. The van der Waals surface area contributed by atoms with Crippen LogP contribution in [0.3, 0.4) is 0 Å². The van der Waals surface area contributed by atoms with E-state index in [0.29, 0.717) is 6.61 Å². The molecular weight excluding hydrogens is 226 g/mol. The number of hydrogen-bond donors (Lipinski definition) is 1. The monoisotopic (exact) mass is 247 g/mol. The quantitative estimate of drug-likeness (QED) is 0.779. The van der Waals surface area contributed by atoms with Gasteiger partial charge < -0.3 is 10.1 Å². The summed E-state index contributed by atoms with van der Waals surface area (Å²) in [5.41, 5.74) is 0.991. The predicted octanol–water partition coefficient (Wildman–Crippen LogP) is 3.66. The summed E-state index contributed by atoms with van der Waals surface area (Å²) in [6, 6.07) is 9.72. The van der Waals surface area contributed by atoms with Crippen molar-refractivity contribution in [2.75, 3.05) is 0 Å². The highest BCUT2D eigenvalue weighted by Crippen LogP contribution is 2.02. The third-order valence-corrected chi connectivity index (χ3v) is 2.54. The van der Waals surface area contributed by atoms with Crippen LogP contribution in [0.5, 0.6) is 0 Å². The highest BCUT2D eigenvalue weighted by Gasteiger charge is 2.08. The van der Waals surface area contributed by atoms with Crippen LogP contribution in [0.4, 0.5) is 4.79 Å². The van der Waals surface area contributed by atoms with Crippen LogP contribution >= 0.6 is 0 Å². The molecular formula is C15H21NO2. The number of rotatable bonds is 6. The minimum absolute atomic E-state index is 0.0586. The van der Waals surface area contributed by atoms with E-state index < -0.39 is 0 Å². The van der Waals surface area contributed by atoms with E-state index in [0.717, 1.165) is 18.4 Å². The van der Waals surface area contributed by atoms with Gasteiger partial charge in [0.1, 0.15) is 6.61 Å². The molecule has 1 N–H and O–H groups in total. The first-order chi connectivity index (χ1) is 8.76. The first-order valence-corrected chi connectivity index (χ1v) is 6.36. The lowest BCUT2D eigenvalue weighted by atomic mass is 10.1. The minimum atomic E-state index is -0.365. The van der Waals surface area contributed by atoms with E-state index in [1.165, 1.54) is 0 Å². The van der Waals surface area contributed by atoms with Gasteiger partial charge in [0.2, 0.25) is 0 Å². The van der Waals surface area contributed by atoms with E-state index in [4.69, 9.17) is 4.74 Å². The van der Waals surface area contributed by atoms with Crippen LogP contribution in [0, 0.1) is 0 Å². The van der Waals surface area contributed by atoms with Gasteiger partial charge in [0, 0.05) is 0 Å². The van der Waals surface area contributed by atoms with Crippen LogP contribution in [0.2, 0.25) is 0 Å². The van der Waals surface area contributed by atoms with Gasteiger partial charge in [-0.15, -0.1) is 0 Å². The number of ether oxygens (including phenoxy) is 1. The summed E-state index contributed by atoms with van der Waals surface area (Å²) < 4.78 is 5.17. The standard InChI is InChI=1S/C15H21NO2/c1-3-8-14(9-4-2)16-15(17)18-12-13-10-6-5-7-11-13/h3,5-8,10-11,14H,4,9,12H2,1-2H3,(H,16,17)/b8-3+/t14-/m0/s1. The molecule has 0 saturated heterocycles. The molecule has 0 spiro atoms. The molecule has 98 valence electrons. The van der Waals surface area contributed by atoms with Crippen LogP contribution in [-0.2, 0) is 11.3 Å². The van der Waals surface area contributed by atoms with E-state index in [1.807, 2.05) is 49.4 Å². The Morgan fingerprint density at radius 1 is 1.39 bits per heavy atom. The first-order valence-electron chi connectivity index (χ1n) is 6.36. The molecule has 0 radical (unpaired) electrons. The average Bonchev–Trinajstić information content (AvgIpc) is 2.38. The Balaban J connectivity index is 2.36. The molecule has 1 amide bonds. The smallest absolute Gasteiger partial charge is 0.407 e. The molecule has 0 bridgehead atoms. The van der Waals surface area contributed by atoms with Crippen LogP contribution in [0.15, 0.2) is 42.5 Å². The summed E-state index contributed by atoms with van der Waals surface area (Å²) in [5, 5.41) is 2.84. The third-order valence-electron chi connectivity index (χ3n) is 2.54. The molecule has 0 aliphatic carbocycles. The summed E-state index contributed by atoms with van der Waals surface area (Å²) in [6.07, 6.45) is 5.50. The molecule has 0 aromatic heterocycles. The predicted molar refractivity (Wildman–Crippen MR) is 73.3 cm³/mol. The Bertz CT molecular complexity index is 373. The fourth-order valence-corrected chi connectivity index (χ4v) is 1.68. The molecule has 0 aliphatic rings. The lowest BCUT2D eigenvalue weighted by Gasteiger charge is -2.14. The molecule has 3 heteroatoms. The van der Waals surface area contributed by atoms with Crippen LogP contribution < -0.4 is 5.32 Å². The second-order valence-corrected chi connectivity index (χ2v) is 4.13. The number of amides is 1. The van der Waals surface area contributed by atoms with Gasteiger partial charge in [0.05, 0.1) is 6.04 Å². The summed E-state index contributed by atoms with van der Waals surface area (Å²) in [4.78, 5) is 11.6. The fraction of sp³-hybridized carbons (Fsp3) is 0.400. The summed E-state index contributed by atoms with van der Waals surface area (Å²) in [7, 11) is 0. The number of hydrogen-bond acceptors (Lipinski definition) is 2. The van der Waals surface area contributed by atoms with Crippen LogP contribution in [0.1, 0.15) is 32.3 Å². The zero-order chi connectivity index (χ0) is 13.2. The van der Waals surface area contributed by atoms with Gasteiger partial charge in [-0.25, -0.2) is 4.79 Å². The number of alkyl carbamates (subject to hydrolysis) is 1. The molecule has 18 heavy (non-hydrogen) atoms. The van der Waals surface area contributed by atoms with Crippen molar-refractivity contribution >= 4 is 6.09 Å². The van der Waals surface area contributed by atoms with Crippen molar-refractivity contribution in [3.05, 3.63) is 48.0 Å². The van der Waals surface area contributed by atoms with Crippen molar-refractivity contribution in [1.29, 1.82) is 0 Å². The molecule has 0 aliphatic heterocycles. The Labute approximate surface area is 109 Å². The van der Waals surface area contributed by atoms with E-state index in [2.05, 4.69) is 12.2 Å². The highest BCUT2D eigenvalue weighted by molar-refractivity contribution is 5.67. The maximum atomic E-state index is 11.6. The van der Waals surface area contributed by atoms with Gasteiger partial charge in [-0.05, 0) is 18.9 Å². The highest BCUT2D eigenvalue weighted by atomic mass is 16.5. The Morgan fingerprint density at radius 3 is 2.72 bits per heavy atom. The van der Waals surface area contributed by atoms with Gasteiger partial charge in [0.15, 0.2) is 0 Å². The van der Waals surface area contributed by atoms with Gasteiger partial charge in [0.25, 0.3) is 0 Å². The second-order valence-electron chi connectivity index (χ2n) is 4.13. The molecule has 0 saturated carbocycles. The largest absolute Gasteiger partial charge is 0.445 e. The lowest BCUT2D eigenvalue weighted by Crippen LogP contribution is -2.33. The number of allylic oxidation sites excluding steroid dienone is 1. The Hall–Kier alpha value is -1.77. The van der Waals surface area contributed by atoms with Crippen LogP contribution in [0.25, 0.3) is 0 Å². The lowest BCUT2D eigenvalue weighted by molar-refractivity contribution is 0.137. The van der Waals surface area contributed by atoms with Gasteiger partial charge in [-0.2, -0.15) is 0 Å². The van der Waals surface area contributed by atoms with E-state index in [9.17, 15) is 4.79 Å². The number of nitrogens with one attached hydrogen (secondary N) is 1. The molecule has 0 unspecified atom stereocenters. The molecule has 0 fully saturated rings. The van der Waals surface area contributed by atoms with E-state index >= 15 is 0 Å². The van der Waals surface area contributed by atoms with Gasteiger partial charge in [-0.1, -0.05) is 55.8 Å². The number of carbonyl (C=O) groups is 1. The maximum absolute atomic E-state index is 11.6. The summed E-state index contributed by atoms with van der Waals surface area (Å²) in [5.74, 6) is 0. The van der Waals surface area contributed by atoms with E-state index in [-0.39, 0.29) is 12.1 Å². The second kappa shape index (κ2) is 8.34. The van der Waals surface area contributed by atoms with Gasteiger partial charge in [-0.3, -0.25) is 0 Å². The molecule has 1 atom stereocenters. The summed E-state index contributed by atoms with van der Waals surface area (Å²) >= 11 is 0. The fourth-order valence-electron chi connectivity index (χ4n) is 1.68. The number of benzene rings is 1. The van der Waals surface area contributed by atoms with Crippen molar-refractivity contribution < 1.29 is 9.53 Å². The summed E-state index contributed by atoms with van der Waals surface area (Å²) in [6.45, 7) is 4.34. The first kappa shape index (κ1) is 14.3. The average molecular weight is 247 g/mol. The minimum Gasteiger partial charge on any atom is -0.445 e. The van der Waals surface area contributed by atoms with Crippen molar-refractivity contribution in [2.45, 2.75) is 39.3 Å². The molecule has 1 rings (SSSR count). The van der Waals surface area contributed by atoms with Crippen molar-refractivity contribution in [3.8, 4) is 0 Å². The molecule has 1 aromatic carbocycles. The van der Waals surface area contributed by atoms with Crippen molar-refractivity contribution in [1.82, 2.24) is 5.32 Å². The molecule has 3 nitrogen and oxygen atoms in total. The van der Waals surface area contributed by atoms with E-state index in [1.54, 1.807) is 0 Å². The zero-order valence-corrected chi connectivity index (χ0v) is 11.1. The third kappa shape index (κ3) is 5.53. The molecule has 0 heterocycles. The SMILES string of the molecule is C/C=C/[C@@H](CCC)NC(=O)OCc1ccccc1.